The molecular weight excluding hydrogens is 558 g/mol. The molecule has 0 radical (unpaired) electrons. The van der Waals surface area contributed by atoms with Crippen LogP contribution in [0.5, 0.6) is 5.75 Å². The number of hydrogen-bond acceptors (Lipinski definition) is 3. The maximum atomic E-state index is 12.6. The smallest absolute Gasteiger partial charge is 0.282 e. The van der Waals surface area contributed by atoms with Crippen molar-refractivity contribution in [1.82, 2.24) is 5.43 Å². The third kappa shape index (κ3) is 4.03. The van der Waals surface area contributed by atoms with Gasteiger partial charge < -0.3 is 4.74 Å². The second-order valence-corrected chi connectivity index (χ2v) is 8.28. The Morgan fingerprint density at radius 2 is 1.69 bits per heavy atom. The van der Waals surface area contributed by atoms with Crippen LogP contribution in [0.25, 0.3) is 6.08 Å². The molecule has 1 fully saturated rings. The minimum Gasteiger partial charge on any atom is -0.489 e. The van der Waals surface area contributed by atoms with Crippen LogP contribution in [0.2, 0.25) is 0 Å². The SMILES string of the molecule is CC(C)Oc1c(I)cc(/C=C2/C(=O)NN(c3ccccc3)C2=O)cc1I. The van der Waals surface area contributed by atoms with E-state index in [1.807, 2.05) is 44.2 Å². The molecule has 0 atom stereocenters. The van der Waals surface area contributed by atoms with E-state index < -0.39 is 5.91 Å². The van der Waals surface area contributed by atoms with E-state index in [1.54, 1.807) is 18.2 Å². The van der Waals surface area contributed by atoms with Crippen molar-refractivity contribution in [1.29, 1.82) is 0 Å². The number of rotatable bonds is 4. The summed E-state index contributed by atoms with van der Waals surface area (Å²) in [6, 6.07) is 12.8. The van der Waals surface area contributed by atoms with Crippen molar-refractivity contribution < 1.29 is 14.3 Å². The third-order valence-corrected chi connectivity index (χ3v) is 5.19. The van der Waals surface area contributed by atoms with E-state index in [2.05, 4.69) is 50.6 Å². The van der Waals surface area contributed by atoms with E-state index in [-0.39, 0.29) is 17.6 Å². The summed E-state index contributed by atoms with van der Waals surface area (Å²) in [7, 11) is 0. The molecule has 1 aliphatic rings. The first-order valence-corrected chi connectivity index (χ1v) is 10.1. The molecule has 1 N–H and O–H groups in total. The lowest BCUT2D eigenvalue weighted by atomic mass is 10.1. The number of hydrogen-bond donors (Lipinski definition) is 1. The molecule has 0 aromatic heterocycles. The van der Waals surface area contributed by atoms with Crippen molar-refractivity contribution in [3.8, 4) is 5.75 Å². The monoisotopic (exact) mass is 574 g/mol. The van der Waals surface area contributed by atoms with Gasteiger partial charge in [-0.05, 0) is 94.9 Å². The highest BCUT2D eigenvalue weighted by Crippen LogP contribution is 2.31. The standard InChI is InChI=1S/C19H16I2N2O3/c1-11(2)26-17-15(20)9-12(10-16(17)21)8-14-18(24)22-23(19(14)25)13-6-4-3-5-7-13/h3-11H,1-2H3,(H,22,24)/b14-8-. The molecule has 3 rings (SSSR count). The van der Waals surface area contributed by atoms with Crippen LogP contribution in [0.4, 0.5) is 5.69 Å². The lowest BCUT2D eigenvalue weighted by Gasteiger charge is -2.14. The molecule has 134 valence electrons. The fourth-order valence-corrected chi connectivity index (χ4v) is 4.56. The van der Waals surface area contributed by atoms with Crippen molar-refractivity contribution in [2.75, 3.05) is 5.01 Å². The first kappa shape index (κ1) is 19.2. The number of amides is 2. The highest BCUT2D eigenvalue weighted by atomic mass is 127. The summed E-state index contributed by atoms with van der Waals surface area (Å²) in [6.45, 7) is 3.95. The summed E-state index contributed by atoms with van der Waals surface area (Å²) < 4.78 is 7.69. The van der Waals surface area contributed by atoms with Gasteiger partial charge >= 0.3 is 0 Å². The number of para-hydroxylation sites is 1. The Bertz CT molecular complexity index is 872. The quantitative estimate of drug-likeness (QED) is 0.340. The molecule has 0 spiro atoms. The zero-order chi connectivity index (χ0) is 18.8. The molecule has 0 aliphatic carbocycles. The Hall–Kier alpha value is -1.62. The molecule has 1 aliphatic heterocycles. The van der Waals surface area contributed by atoms with Crippen molar-refractivity contribution in [2.24, 2.45) is 0 Å². The van der Waals surface area contributed by atoms with Crippen molar-refractivity contribution in [3.05, 3.63) is 60.7 Å². The molecule has 26 heavy (non-hydrogen) atoms. The number of benzene rings is 2. The van der Waals surface area contributed by atoms with Gasteiger partial charge in [0.25, 0.3) is 11.8 Å². The number of ether oxygens (including phenoxy) is 1. The number of anilines is 1. The number of carbonyl (C=O) groups is 2. The predicted molar refractivity (Wildman–Crippen MR) is 118 cm³/mol. The summed E-state index contributed by atoms with van der Waals surface area (Å²) in [5.41, 5.74) is 4.12. The van der Waals surface area contributed by atoms with Crippen LogP contribution in [-0.2, 0) is 9.59 Å². The van der Waals surface area contributed by atoms with Crippen LogP contribution >= 0.6 is 45.2 Å². The summed E-state index contributed by atoms with van der Waals surface area (Å²) in [5.74, 6) is 0.0385. The minimum atomic E-state index is -0.411. The van der Waals surface area contributed by atoms with Gasteiger partial charge in [-0.15, -0.1) is 0 Å². The first-order valence-electron chi connectivity index (χ1n) is 7.94. The van der Waals surface area contributed by atoms with Gasteiger partial charge in [0.05, 0.1) is 18.9 Å². The van der Waals surface area contributed by atoms with Gasteiger partial charge in [-0.3, -0.25) is 15.0 Å². The molecule has 5 nitrogen and oxygen atoms in total. The van der Waals surface area contributed by atoms with Crippen molar-refractivity contribution in [3.63, 3.8) is 0 Å². The molecular formula is C19H16I2N2O3. The van der Waals surface area contributed by atoms with E-state index >= 15 is 0 Å². The summed E-state index contributed by atoms with van der Waals surface area (Å²) in [5, 5.41) is 1.26. The van der Waals surface area contributed by atoms with Gasteiger partial charge in [0.1, 0.15) is 11.3 Å². The minimum absolute atomic E-state index is 0.0721. The topological polar surface area (TPSA) is 58.6 Å². The van der Waals surface area contributed by atoms with Crippen LogP contribution in [0.3, 0.4) is 0 Å². The predicted octanol–water partition coefficient (Wildman–Crippen LogP) is 4.14. The maximum absolute atomic E-state index is 12.6. The molecule has 0 unspecified atom stereocenters. The summed E-state index contributed by atoms with van der Waals surface area (Å²) in [4.78, 5) is 24.9. The van der Waals surface area contributed by atoms with Crippen molar-refractivity contribution in [2.45, 2.75) is 20.0 Å². The third-order valence-electron chi connectivity index (χ3n) is 3.59. The average molecular weight is 574 g/mol. The van der Waals surface area contributed by atoms with Gasteiger partial charge in [0, 0.05) is 0 Å². The fourth-order valence-electron chi connectivity index (χ4n) is 2.49. The van der Waals surface area contributed by atoms with Gasteiger partial charge in [-0.25, -0.2) is 5.01 Å². The number of nitrogens with zero attached hydrogens (tertiary/aromatic N) is 1. The molecule has 0 bridgehead atoms. The Balaban J connectivity index is 1.93. The molecule has 1 saturated heterocycles. The highest BCUT2D eigenvalue weighted by molar-refractivity contribution is 14.1. The van der Waals surface area contributed by atoms with Gasteiger partial charge in [0.2, 0.25) is 0 Å². The van der Waals surface area contributed by atoms with Crippen molar-refractivity contribution >= 4 is 68.8 Å². The van der Waals surface area contributed by atoms with Crippen LogP contribution < -0.4 is 15.2 Å². The number of nitrogens with one attached hydrogen (secondary N) is 1. The lowest BCUT2D eigenvalue weighted by Crippen LogP contribution is -2.35. The number of carbonyl (C=O) groups excluding carboxylic acids is 2. The van der Waals surface area contributed by atoms with Crippen LogP contribution in [-0.4, -0.2) is 17.9 Å². The molecule has 0 saturated carbocycles. The van der Waals surface area contributed by atoms with Gasteiger partial charge in [-0.2, -0.15) is 0 Å². The second kappa shape index (κ2) is 7.95. The maximum Gasteiger partial charge on any atom is 0.282 e. The van der Waals surface area contributed by atoms with Crippen LogP contribution in [0, 0.1) is 7.14 Å². The zero-order valence-electron chi connectivity index (χ0n) is 14.1. The second-order valence-electron chi connectivity index (χ2n) is 5.96. The lowest BCUT2D eigenvalue weighted by molar-refractivity contribution is -0.117. The largest absolute Gasteiger partial charge is 0.489 e. The molecule has 2 aromatic rings. The van der Waals surface area contributed by atoms with E-state index in [0.717, 1.165) is 18.5 Å². The van der Waals surface area contributed by atoms with E-state index in [4.69, 9.17) is 4.74 Å². The van der Waals surface area contributed by atoms with Crippen LogP contribution in [0.15, 0.2) is 48.0 Å². The van der Waals surface area contributed by atoms with E-state index in [1.165, 1.54) is 5.01 Å². The van der Waals surface area contributed by atoms with E-state index in [0.29, 0.717) is 5.69 Å². The number of halogens is 2. The first-order chi connectivity index (χ1) is 12.4. The molecule has 2 aromatic carbocycles. The Morgan fingerprint density at radius 1 is 1.08 bits per heavy atom. The highest BCUT2D eigenvalue weighted by Gasteiger charge is 2.34. The molecule has 2 amide bonds. The summed E-state index contributed by atoms with van der Waals surface area (Å²) >= 11 is 4.40. The Labute approximate surface area is 179 Å². The summed E-state index contributed by atoms with van der Waals surface area (Å²) in [6.07, 6.45) is 1.69. The number of hydrazine groups is 1. The zero-order valence-corrected chi connectivity index (χ0v) is 18.4. The normalized spacial score (nSPS) is 15.7. The van der Waals surface area contributed by atoms with E-state index in [9.17, 15) is 9.59 Å². The molecule has 7 heteroatoms. The Kier molecular flexibility index (Phi) is 5.86. The molecule has 1 heterocycles. The average Bonchev–Trinajstić information content (AvgIpc) is 2.87. The van der Waals surface area contributed by atoms with Crippen LogP contribution in [0.1, 0.15) is 19.4 Å². The van der Waals surface area contributed by atoms with Gasteiger partial charge in [-0.1, -0.05) is 18.2 Å². The Morgan fingerprint density at radius 3 is 2.27 bits per heavy atom. The van der Waals surface area contributed by atoms with Gasteiger partial charge in [0.15, 0.2) is 0 Å². The fraction of sp³-hybridized carbons (Fsp3) is 0.158.